The molecule has 396 valence electrons. The van der Waals surface area contributed by atoms with Gasteiger partial charge >= 0.3 is 0 Å². The molecule has 1 aromatic carbocycles. The molecule has 0 saturated carbocycles. The molecule has 1 aliphatic heterocycles. The molecule has 0 bridgehead atoms. The van der Waals surface area contributed by atoms with Crippen LogP contribution in [-0.2, 0) is 25.5 Å². The first-order valence-corrected chi connectivity index (χ1v) is 24.9. The predicted octanol–water partition coefficient (Wildman–Crippen LogP) is 1.57. The summed E-state index contributed by atoms with van der Waals surface area (Å²) in [7, 11) is 1.50. The molecule has 18 nitrogen and oxygen atoms in total. The Morgan fingerprint density at radius 3 is 1.42 bits per heavy atom. The van der Waals surface area contributed by atoms with Gasteiger partial charge in [0.2, 0.25) is 6.41 Å². The number of rotatable bonds is 39. The van der Waals surface area contributed by atoms with Crippen LogP contribution in [0.3, 0.4) is 0 Å². The van der Waals surface area contributed by atoms with Crippen molar-refractivity contribution in [1.82, 2.24) is 10.2 Å². The Kier molecular flexibility index (Phi) is 30.5. The topological polar surface area (TPSA) is 318 Å². The minimum absolute atomic E-state index is 0.0622. The highest BCUT2D eigenvalue weighted by Gasteiger charge is 2.37. The summed E-state index contributed by atoms with van der Waals surface area (Å²) >= 11 is 0. The number of hydrogen-bond acceptors (Lipinski definition) is 16. The van der Waals surface area contributed by atoms with Crippen molar-refractivity contribution in [3.8, 4) is 0 Å². The van der Waals surface area contributed by atoms with E-state index in [1.807, 2.05) is 37.3 Å². The second-order valence-electron chi connectivity index (χ2n) is 19.6. The number of ether oxygens (including phenoxy) is 1. The first-order valence-electron chi connectivity index (χ1n) is 24.9. The smallest absolute Gasteiger partial charge is 0.257 e. The van der Waals surface area contributed by atoms with Gasteiger partial charge in [0.05, 0.1) is 80.4 Å². The van der Waals surface area contributed by atoms with Crippen molar-refractivity contribution in [1.29, 1.82) is 0 Å². The first kappa shape index (κ1) is 61.7. The summed E-state index contributed by atoms with van der Waals surface area (Å²) in [5.74, 6) is 0.0918. The summed E-state index contributed by atoms with van der Waals surface area (Å²) in [6.45, 7) is 4.00. The molecule has 0 spiro atoms. The van der Waals surface area contributed by atoms with Crippen LogP contribution >= 0.6 is 0 Å². The zero-order valence-electron chi connectivity index (χ0n) is 41.0. The van der Waals surface area contributed by atoms with Gasteiger partial charge in [-0.2, -0.15) is 0 Å². The predicted molar refractivity (Wildman–Crippen MR) is 258 cm³/mol. The number of aliphatic hydroxyl groups excluding tert-OH is 12. The number of benzene rings is 1. The number of carbonyl (C=O) groups excluding carboxylic acids is 3. The van der Waals surface area contributed by atoms with E-state index >= 15 is 0 Å². The number of imide groups is 1. The van der Waals surface area contributed by atoms with Gasteiger partial charge in [0, 0.05) is 31.5 Å². The lowest BCUT2D eigenvalue weighted by atomic mass is 9.94. The average Bonchev–Trinajstić information content (AvgIpc) is 3.55. The van der Waals surface area contributed by atoms with Gasteiger partial charge in [-0.25, -0.2) is 0 Å². The van der Waals surface area contributed by atoms with E-state index in [-0.39, 0.29) is 89.0 Å². The SMILES string of the molecule is COC1=CC(=O)N(C(=O)/C=C(/C)CC(C)CCCCCCC[C@H](O)C[C@@H](O)C[C@@H](O)C[C@@H](O)C[C@@H](O)C[C@@H](O)C[C@@H](O)C[C@@H](O)C[C@@H](O)C[C@@H](O)C[C@@H](O)C[C@H](O)CNC=O)[C@H]1Cc1ccccc1. The molecule has 1 aliphatic rings. The molecular weight excluding hydrogens is 897 g/mol. The van der Waals surface area contributed by atoms with Crippen LogP contribution in [0, 0.1) is 5.92 Å². The van der Waals surface area contributed by atoms with Crippen LogP contribution in [0.5, 0.6) is 0 Å². The fourth-order valence-electron chi connectivity index (χ4n) is 9.25. The van der Waals surface area contributed by atoms with Gasteiger partial charge in [0.15, 0.2) is 0 Å². The first-order chi connectivity index (χ1) is 32.7. The van der Waals surface area contributed by atoms with E-state index in [2.05, 4.69) is 12.2 Å². The number of hydrogen-bond donors (Lipinski definition) is 13. The van der Waals surface area contributed by atoms with Gasteiger partial charge in [0.1, 0.15) is 11.8 Å². The van der Waals surface area contributed by atoms with Crippen molar-refractivity contribution in [2.75, 3.05) is 13.7 Å². The minimum atomic E-state index is -1.20. The van der Waals surface area contributed by atoms with Gasteiger partial charge in [0.25, 0.3) is 11.8 Å². The van der Waals surface area contributed by atoms with Crippen molar-refractivity contribution >= 4 is 18.2 Å². The van der Waals surface area contributed by atoms with Crippen LogP contribution in [0.15, 0.2) is 53.8 Å². The third kappa shape index (κ3) is 27.2. The summed E-state index contributed by atoms with van der Waals surface area (Å²) in [5.41, 5.74) is 1.91. The molecule has 0 radical (unpaired) electrons. The maximum Gasteiger partial charge on any atom is 0.257 e. The Morgan fingerprint density at radius 1 is 0.609 bits per heavy atom. The lowest BCUT2D eigenvalue weighted by Gasteiger charge is -2.24. The van der Waals surface area contributed by atoms with Crippen molar-refractivity contribution in [3.05, 3.63) is 59.4 Å². The third-order valence-corrected chi connectivity index (χ3v) is 12.6. The standard InChI is InChI=1S/C51H86N2O16/c1-33(16-34(2)17-50(67)53-48(49(69-3)30-51(53)68)18-35-13-9-7-10-14-35)12-8-5-4-6-11-15-36(55)19-37(56)20-38(57)21-39(58)22-40(59)23-41(60)24-42(61)25-43(62)26-44(63)27-45(64)28-46(65)29-47(66)31-52-32-54/h7,9-10,13-14,17,30,32-33,36-48,55-66H,4-6,8,11-12,15-16,18-29,31H2,1-3H3,(H,52,54)/b34-17-/t33?,36-,37+,38+,39+,40+,41+,42+,43+,44+,45+,46+,47-,48-/m0/s1. The van der Waals surface area contributed by atoms with Crippen LogP contribution < -0.4 is 5.32 Å². The van der Waals surface area contributed by atoms with Crippen molar-refractivity contribution < 1.29 is 80.4 Å². The molecule has 1 aromatic rings. The average molecular weight is 983 g/mol. The molecule has 14 atom stereocenters. The number of allylic oxidation sites excluding steroid dienone is 1. The Bertz CT molecular complexity index is 1640. The van der Waals surface area contributed by atoms with Crippen LogP contribution in [0.4, 0.5) is 0 Å². The Morgan fingerprint density at radius 2 is 1.00 bits per heavy atom. The van der Waals surface area contributed by atoms with E-state index in [9.17, 15) is 75.7 Å². The van der Waals surface area contributed by atoms with E-state index in [4.69, 9.17) is 4.74 Å². The molecule has 69 heavy (non-hydrogen) atoms. The van der Waals surface area contributed by atoms with E-state index in [1.165, 1.54) is 18.1 Å². The number of amides is 3. The number of methoxy groups -OCH3 is 1. The summed E-state index contributed by atoms with van der Waals surface area (Å²) in [6, 6.07) is 9.17. The highest BCUT2D eigenvalue weighted by molar-refractivity contribution is 6.08. The fraction of sp³-hybridized carbons (Fsp3) is 0.745. The number of carbonyl (C=O) groups is 3. The molecule has 0 fully saturated rings. The molecule has 13 N–H and O–H groups in total. The number of nitrogens with one attached hydrogen (secondary N) is 1. The third-order valence-electron chi connectivity index (χ3n) is 12.6. The quantitative estimate of drug-likeness (QED) is 0.0253. The van der Waals surface area contributed by atoms with Crippen molar-refractivity contribution in [2.24, 2.45) is 5.92 Å². The minimum Gasteiger partial charge on any atom is -0.499 e. The zero-order chi connectivity index (χ0) is 51.5. The van der Waals surface area contributed by atoms with Gasteiger partial charge in [-0.15, -0.1) is 0 Å². The molecule has 0 aromatic heterocycles. The summed E-state index contributed by atoms with van der Waals surface area (Å²) in [5, 5.41) is 126. The Hall–Kier alpha value is -3.37. The highest BCUT2D eigenvalue weighted by Crippen LogP contribution is 2.26. The Labute approximate surface area is 408 Å². The van der Waals surface area contributed by atoms with E-state index in [0.29, 0.717) is 30.9 Å². The summed E-state index contributed by atoms with van der Waals surface area (Å²) in [6.07, 6.45) is -4.13. The Balaban J connectivity index is 1.56. The maximum absolute atomic E-state index is 13.3. The van der Waals surface area contributed by atoms with Crippen molar-refractivity contribution in [3.63, 3.8) is 0 Å². The molecule has 2 rings (SSSR count). The number of aliphatic hydroxyl groups is 12. The molecule has 0 saturated heterocycles. The number of nitrogens with zero attached hydrogens (tertiary/aromatic N) is 1. The zero-order valence-corrected chi connectivity index (χ0v) is 41.0. The van der Waals surface area contributed by atoms with Gasteiger partial charge in [-0.05, 0) is 95.5 Å². The number of unbranched alkanes of at least 4 members (excludes halogenated alkanes) is 4. The van der Waals surface area contributed by atoms with Gasteiger partial charge < -0.3 is 71.3 Å². The van der Waals surface area contributed by atoms with Gasteiger partial charge in [-0.3, -0.25) is 19.3 Å². The molecule has 0 aliphatic carbocycles. The monoisotopic (exact) mass is 983 g/mol. The highest BCUT2D eigenvalue weighted by atomic mass is 16.5. The lowest BCUT2D eigenvalue weighted by Crippen LogP contribution is -2.41. The second-order valence-corrected chi connectivity index (χ2v) is 19.6. The largest absolute Gasteiger partial charge is 0.499 e. The molecule has 1 heterocycles. The molecule has 1 unspecified atom stereocenters. The van der Waals surface area contributed by atoms with E-state index < -0.39 is 79.3 Å². The molecule has 18 heteroatoms. The van der Waals surface area contributed by atoms with E-state index in [0.717, 1.165) is 56.1 Å². The molecular formula is C51H86N2O16. The van der Waals surface area contributed by atoms with Crippen LogP contribution in [0.2, 0.25) is 0 Å². The lowest BCUT2D eigenvalue weighted by molar-refractivity contribution is -0.139. The van der Waals surface area contributed by atoms with Crippen LogP contribution in [-0.4, -0.2) is 177 Å². The second kappa shape index (κ2) is 34.1. The summed E-state index contributed by atoms with van der Waals surface area (Å²) < 4.78 is 5.45. The van der Waals surface area contributed by atoms with Crippen LogP contribution in [0.1, 0.15) is 141 Å². The van der Waals surface area contributed by atoms with Crippen LogP contribution in [0.25, 0.3) is 0 Å². The molecule has 3 amide bonds. The summed E-state index contributed by atoms with van der Waals surface area (Å²) in [4.78, 5) is 37.7. The van der Waals surface area contributed by atoms with E-state index in [1.54, 1.807) is 6.08 Å². The fourth-order valence-corrected chi connectivity index (χ4v) is 9.25. The van der Waals surface area contributed by atoms with Crippen molar-refractivity contribution in [2.45, 2.75) is 222 Å². The maximum atomic E-state index is 13.3. The normalized spacial score (nSPS) is 20.1. The van der Waals surface area contributed by atoms with Gasteiger partial charge in [-0.1, -0.05) is 81.4 Å².